The average Bonchev–Trinajstić information content (AvgIpc) is 2.32. The highest BCUT2D eigenvalue weighted by Crippen LogP contribution is 2.20. The van der Waals surface area contributed by atoms with E-state index in [1.807, 2.05) is 0 Å². The molecule has 1 rings (SSSR count). The number of hydrogen-bond acceptors (Lipinski definition) is 6. The topological polar surface area (TPSA) is 116 Å². The van der Waals surface area contributed by atoms with Crippen LogP contribution in [-0.2, 0) is 4.74 Å². The molecule has 1 aliphatic rings. The van der Waals surface area contributed by atoms with Crippen LogP contribution in [-0.4, -0.2) is 57.7 Å². The minimum absolute atomic E-state index is 0.516. The second-order valence-electron chi connectivity index (χ2n) is 2.81. The van der Waals surface area contributed by atoms with Crippen molar-refractivity contribution in [3.8, 4) is 0 Å². The summed E-state index contributed by atoms with van der Waals surface area (Å²) in [6, 6.07) is -0.873. The number of ether oxygens (including phenoxy) is 1. The van der Waals surface area contributed by atoms with Gasteiger partial charge in [-0.25, -0.2) is 0 Å². The SMILES string of the molecule is N[C@H]1[C@@H](O)[C@@H](O)O[C@@H]1[C@H](O)CO. The van der Waals surface area contributed by atoms with Gasteiger partial charge in [0.05, 0.1) is 12.6 Å². The minimum atomic E-state index is -1.38. The van der Waals surface area contributed by atoms with Gasteiger partial charge < -0.3 is 30.9 Å². The van der Waals surface area contributed by atoms with Gasteiger partial charge in [-0.15, -0.1) is 0 Å². The molecule has 6 nitrogen and oxygen atoms in total. The fourth-order valence-corrected chi connectivity index (χ4v) is 1.17. The maximum Gasteiger partial charge on any atom is 0.182 e. The summed E-state index contributed by atoms with van der Waals surface area (Å²) in [7, 11) is 0. The molecule has 0 aromatic rings. The summed E-state index contributed by atoms with van der Waals surface area (Å²) >= 11 is 0. The van der Waals surface area contributed by atoms with E-state index in [4.69, 9.17) is 30.9 Å². The van der Waals surface area contributed by atoms with Crippen LogP contribution in [0.1, 0.15) is 0 Å². The molecular weight excluding hydrogens is 166 g/mol. The molecule has 1 heterocycles. The van der Waals surface area contributed by atoms with Crippen LogP contribution in [0.5, 0.6) is 0 Å². The highest BCUT2D eigenvalue weighted by Gasteiger charge is 2.43. The fourth-order valence-electron chi connectivity index (χ4n) is 1.17. The van der Waals surface area contributed by atoms with Crippen LogP contribution >= 0.6 is 0 Å². The zero-order valence-corrected chi connectivity index (χ0v) is 6.37. The van der Waals surface area contributed by atoms with E-state index in [2.05, 4.69) is 0 Å². The molecule has 1 saturated heterocycles. The van der Waals surface area contributed by atoms with Crippen molar-refractivity contribution >= 4 is 0 Å². The molecule has 1 fully saturated rings. The van der Waals surface area contributed by atoms with Crippen molar-refractivity contribution in [1.29, 1.82) is 0 Å². The predicted molar refractivity (Wildman–Crippen MR) is 38.0 cm³/mol. The van der Waals surface area contributed by atoms with Crippen LogP contribution in [0.25, 0.3) is 0 Å². The minimum Gasteiger partial charge on any atom is -0.394 e. The highest BCUT2D eigenvalue weighted by atomic mass is 16.6. The average molecular weight is 179 g/mol. The Hall–Kier alpha value is -0.240. The van der Waals surface area contributed by atoms with Crippen molar-refractivity contribution in [3.63, 3.8) is 0 Å². The van der Waals surface area contributed by atoms with Crippen molar-refractivity contribution in [2.24, 2.45) is 5.73 Å². The third-order valence-electron chi connectivity index (χ3n) is 1.93. The van der Waals surface area contributed by atoms with Gasteiger partial charge in [0.15, 0.2) is 6.29 Å². The van der Waals surface area contributed by atoms with Gasteiger partial charge in [0, 0.05) is 0 Å². The van der Waals surface area contributed by atoms with Crippen molar-refractivity contribution in [3.05, 3.63) is 0 Å². The van der Waals surface area contributed by atoms with Gasteiger partial charge in [0.2, 0.25) is 0 Å². The lowest BCUT2D eigenvalue weighted by atomic mass is 10.0. The van der Waals surface area contributed by atoms with E-state index in [-0.39, 0.29) is 0 Å². The van der Waals surface area contributed by atoms with E-state index in [0.29, 0.717) is 0 Å². The van der Waals surface area contributed by atoms with Gasteiger partial charge in [0.1, 0.15) is 18.3 Å². The number of aliphatic hydroxyl groups is 4. The quantitative estimate of drug-likeness (QED) is 0.304. The predicted octanol–water partition coefficient (Wildman–Crippen LogP) is -3.26. The van der Waals surface area contributed by atoms with E-state index in [1.54, 1.807) is 0 Å². The van der Waals surface area contributed by atoms with Crippen LogP contribution in [0.15, 0.2) is 0 Å². The molecule has 12 heavy (non-hydrogen) atoms. The second-order valence-corrected chi connectivity index (χ2v) is 2.81. The lowest BCUT2D eigenvalue weighted by Gasteiger charge is -2.19. The Balaban J connectivity index is 2.58. The summed E-state index contributed by atoms with van der Waals surface area (Å²) in [6.45, 7) is -0.516. The van der Waals surface area contributed by atoms with E-state index in [0.717, 1.165) is 0 Å². The summed E-state index contributed by atoms with van der Waals surface area (Å²) in [4.78, 5) is 0. The monoisotopic (exact) mass is 179 g/mol. The van der Waals surface area contributed by atoms with Crippen LogP contribution in [0, 0.1) is 0 Å². The molecule has 0 aliphatic carbocycles. The molecule has 1 aliphatic heterocycles. The van der Waals surface area contributed by atoms with Gasteiger partial charge in [-0.05, 0) is 0 Å². The lowest BCUT2D eigenvalue weighted by molar-refractivity contribution is -0.149. The molecule has 6 N–H and O–H groups in total. The summed E-state index contributed by atoms with van der Waals surface area (Å²) in [5.41, 5.74) is 5.38. The zero-order valence-electron chi connectivity index (χ0n) is 6.37. The largest absolute Gasteiger partial charge is 0.394 e. The Morgan fingerprint density at radius 1 is 1.42 bits per heavy atom. The first-order valence-electron chi connectivity index (χ1n) is 3.64. The Kier molecular flexibility index (Phi) is 2.99. The lowest BCUT2D eigenvalue weighted by Crippen LogP contribution is -2.46. The fraction of sp³-hybridized carbons (Fsp3) is 1.00. The summed E-state index contributed by atoms with van der Waals surface area (Å²) in [5, 5.41) is 35.6. The van der Waals surface area contributed by atoms with Gasteiger partial charge in [-0.3, -0.25) is 0 Å². The number of nitrogens with two attached hydrogens (primary N) is 1. The number of rotatable bonds is 2. The Labute approximate surface area is 69.2 Å². The van der Waals surface area contributed by atoms with Crippen LogP contribution in [0.2, 0.25) is 0 Å². The van der Waals surface area contributed by atoms with Crippen molar-refractivity contribution in [1.82, 2.24) is 0 Å². The molecule has 0 spiro atoms. The normalized spacial score (nSPS) is 44.8. The van der Waals surface area contributed by atoms with E-state index < -0.39 is 37.3 Å². The van der Waals surface area contributed by atoms with Crippen LogP contribution < -0.4 is 5.73 Å². The molecule has 0 bridgehead atoms. The van der Waals surface area contributed by atoms with Gasteiger partial charge >= 0.3 is 0 Å². The van der Waals surface area contributed by atoms with Crippen LogP contribution in [0.4, 0.5) is 0 Å². The first-order valence-corrected chi connectivity index (χ1v) is 3.64. The van der Waals surface area contributed by atoms with Gasteiger partial charge in [0.25, 0.3) is 0 Å². The summed E-state index contributed by atoms with van der Waals surface area (Å²) < 4.78 is 4.71. The van der Waals surface area contributed by atoms with Crippen molar-refractivity contribution in [2.45, 2.75) is 30.6 Å². The summed E-state index contributed by atoms with van der Waals surface area (Å²) in [6.07, 6.45) is -4.69. The van der Waals surface area contributed by atoms with E-state index in [9.17, 15) is 0 Å². The maximum atomic E-state index is 9.09. The molecule has 0 aromatic heterocycles. The molecule has 6 heteroatoms. The van der Waals surface area contributed by atoms with Crippen molar-refractivity contribution < 1.29 is 25.2 Å². The smallest absolute Gasteiger partial charge is 0.182 e. The first-order chi connectivity index (χ1) is 5.57. The van der Waals surface area contributed by atoms with Crippen LogP contribution in [0.3, 0.4) is 0 Å². The first kappa shape index (κ1) is 9.85. The second kappa shape index (κ2) is 3.65. The molecule has 5 atom stereocenters. The molecule has 0 saturated carbocycles. The molecule has 0 aromatic carbocycles. The molecular formula is C6H13NO5. The standard InChI is InChI=1S/C6H13NO5/c7-3-4(10)6(11)12-5(3)2(9)1-8/h2-6,8-11H,1,7H2/t2-,3+,4-,5-,6+/m1/s1. The third-order valence-corrected chi connectivity index (χ3v) is 1.93. The molecule has 72 valence electrons. The van der Waals surface area contributed by atoms with Gasteiger partial charge in [-0.1, -0.05) is 0 Å². The third kappa shape index (κ3) is 1.58. The Bertz CT molecular complexity index is 155. The molecule has 0 amide bonds. The van der Waals surface area contributed by atoms with Gasteiger partial charge in [-0.2, -0.15) is 0 Å². The molecule has 0 radical (unpaired) electrons. The Morgan fingerprint density at radius 3 is 2.33 bits per heavy atom. The summed E-state index contributed by atoms with van der Waals surface area (Å²) in [5.74, 6) is 0. The zero-order chi connectivity index (χ0) is 9.30. The number of aliphatic hydroxyl groups excluding tert-OH is 4. The Morgan fingerprint density at radius 2 is 2.00 bits per heavy atom. The molecule has 0 unspecified atom stereocenters. The van der Waals surface area contributed by atoms with E-state index in [1.165, 1.54) is 0 Å². The number of hydrogen-bond donors (Lipinski definition) is 5. The highest BCUT2D eigenvalue weighted by molar-refractivity contribution is 4.92. The van der Waals surface area contributed by atoms with Crippen molar-refractivity contribution in [2.75, 3.05) is 6.61 Å². The van der Waals surface area contributed by atoms with E-state index >= 15 is 0 Å². The maximum absolute atomic E-state index is 9.09.